The highest BCUT2D eigenvalue weighted by Gasteiger charge is 2.25. The molecule has 0 aliphatic heterocycles. The van der Waals surface area contributed by atoms with Crippen LogP contribution in [0.15, 0.2) is 60.8 Å². The maximum absolute atomic E-state index is 13.1. The number of aromatic carboxylic acids is 1. The van der Waals surface area contributed by atoms with Crippen molar-refractivity contribution in [3.8, 4) is 11.1 Å². The third-order valence-corrected chi connectivity index (χ3v) is 5.48. The van der Waals surface area contributed by atoms with Crippen molar-refractivity contribution in [2.24, 2.45) is 0 Å². The highest BCUT2D eigenvalue weighted by molar-refractivity contribution is 6.01. The predicted molar refractivity (Wildman–Crippen MR) is 170 cm³/mol. The van der Waals surface area contributed by atoms with Crippen molar-refractivity contribution >= 4 is 23.7 Å². The van der Waals surface area contributed by atoms with Crippen molar-refractivity contribution in [2.45, 2.75) is 87.3 Å². The Labute approximate surface area is 251 Å². The summed E-state index contributed by atoms with van der Waals surface area (Å²) in [6.45, 7) is 17.3. The molecule has 0 aliphatic carbocycles. The summed E-state index contributed by atoms with van der Waals surface area (Å²) in [6, 6.07) is 17.0. The Bertz CT molecular complexity index is 1310. The third-order valence-electron chi connectivity index (χ3n) is 5.48. The zero-order chi connectivity index (χ0) is 31.9. The van der Waals surface area contributed by atoms with Crippen LogP contribution in [0.2, 0.25) is 0 Å². The number of pyridine rings is 1. The fraction of sp³-hybridized carbons (Fsp3) is 0.412. The molecule has 0 aliphatic rings. The van der Waals surface area contributed by atoms with Gasteiger partial charge in [0, 0.05) is 18.3 Å². The number of nitrogens with one attached hydrogen (secondary N) is 1. The van der Waals surface area contributed by atoms with Gasteiger partial charge in [-0.05, 0) is 56.9 Å². The fourth-order valence-electron chi connectivity index (χ4n) is 3.76. The first-order valence-corrected chi connectivity index (χ1v) is 14.5. The van der Waals surface area contributed by atoms with Crippen molar-refractivity contribution in [3.63, 3.8) is 0 Å². The average molecular weight is 578 g/mol. The van der Waals surface area contributed by atoms with Crippen LogP contribution in [-0.2, 0) is 22.5 Å². The lowest BCUT2D eigenvalue weighted by molar-refractivity contribution is -0.117. The van der Waals surface area contributed by atoms with E-state index < -0.39 is 23.6 Å². The lowest BCUT2D eigenvalue weighted by Gasteiger charge is -2.27. The SMILES string of the molecule is CC.CCC.CCc1cccc(-c2cnc(C(=O)O)c(NC(=O)CN(Cc3cccc(C)c3)C(=O)OC(C)(C)C)c2)c1. The average Bonchev–Trinajstić information content (AvgIpc) is 2.93. The van der Waals surface area contributed by atoms with Crippen LogP contribution in [0, 0.1) is 6.92 Å². The third kappa shape index (κ3) is 12.1. The normalized spacial score (nSPS) is 10.3. The summed E-state index contributed by atoms with van der Waals surface area (Å²) in [4.78, 5) is 43.2. The molecule has 2 N–H and O–H groups in total. The van der Waals surface area contributed by atoms with Crippen LogP contribution >= 0.6 is 0 Å². The molecular formula is C34H47N3O5. The summed E-state index contributed by atoms with van der Waals surface area (Å²) in [7, 11) is 0. The molecule has 1 heterocycles. The van der Waals surface area contributed by atoms with Gasteiger partial charge in [-0.25, -0.2) is 14.6 Å². The maximum atomic E-state index is 13.1. The van der Waals surface area contributed by atoms with Gasteiger partial charge in [0.15, 0.2) is 5.69 Å². The monoisotopic (exact) mass is 577 g/mol. The molecule has 0 radical (unpaired) electrons. The number of nitrogens with zero attached hydrogens (tertiary/aromatic N) is 2. The van der Waals surface area contributed by atoms with Crippen LogP contribution in [0.3, 0.4) is 0 Å². The standard InChI is InChI=1S/C29H33N3O5.C3H8.C2H6/c1-6-20-10-8-12-22(14-20)23-15-24(26(27(34)35)30-16-23)31-25(33)18-32(28(36)37-29(3,4)5)17-21-11-7-9-19(2)13-21;1-3-2;1-2/h7-16H,6,17-18H2,1-5H3,(H,31,33)(H,34,35);3H2,1-2H3;1-2H3. The minimum Gasteiger partial charge on any atom is -0.476 e. The van der Waals surface area contributed by atoms with Crippen LogP contribution in [0.5, 0.6) is 0 Å². The number of carboxylic acid groups (broad SMARTS) is 1. The molecule has 0 saturated heterocycles. The van der Waals surface area contributed by atoms with Gasteiger partial charge in [0.25, 0.3) is 0 Å². The van der Waals surface area contributed by atoms with E-state index in [9.17, 15) is 19.5 Å². The van der Waals surface area contributed by atoms with Gasteiger partial charge >= 0.3 is 12.1 Å². The Morgan fingerprint density at radius 3 is 2.12 bits per heavy atom. The van der Waals surface area contributed by atoms with E-state index in [0.29, 0.717) is 5.56 Å². The van der Waals surface area contributed by atoms with Crippen LogP contribution in [0.4, 0.5) is 10.5 Å². The van der Waals surface area contributed by atoms with Crippen molar-refractivity contribution in [1.82, 2.24) is 9.88 Å². The summed E-state index contributed by atoms with van der Waals surface area (Å²) < 4.78 is 5.51. The number of aryl methyl sites for hydroxylation is 2. The lowest BCUT2D eigenvalue weighted by Crippen LogP contribution is -2.41. The molecule has 0 spiro atoms. The molecule has 228 valence electrons. The first-order valence-electron chi connectivity index (χ1n) is 14.5. The van der Waals surface area contributed by atoms with Gasteiger partial charge in [0.05, 0.1) is 5.69 Å². The Morgan fingerprint density at radius 2 is 1.55 bits per heavy atom. The molecule has 0 saturated carbocycles. The number of rotatable bonds is 8. The van der Waals surface area contributed by atoms with Crippen molar-refractivity contribution in [1.29, 1.82) is 0 Å². The Balaban J connectivity index is 0.00000165. The molecule has 8 heteroatoms. The number of amides is 2. The Morgan fingerprint density at radius 1 is 0.929 bits per heavy atom. The largest absolute Gasteiger partial charge is 0.476 e. The van der Waals surface area contributed by atoms with Crippen LogP contribution in [-0.4, -0.2) is 45.1 Å². The molecular weight excluding hydrogens is 530 g/mol. The van der Waals surface area contributed by atoms with E-state index >= 15 is 0 Å². The molecule has 1 aromatic heterocycles. The van der Waals surface area contributed by atoms with Gasteiger partial charge in [-0.15, -0.1) is 0 Å². The highest BCUT2D eigenvalue weighted by Crippen LogP contribution is 2.25. The number of benzene rings is 2. The predicted octanol–water partition coefficient (Wildman–Crippen LogP) is 8.14. The zero-order valence-electron chi connectivity index (χ0n) is 26.6. The van der Waals surface area contributed by atoms with Crippen LogP contribution in [0.25, 0.3) is 11.1 Å². The van der Waals surface area contributed by atoms with Gasteiger partial charge in [-0.3, -0.25) is 9.69 Å². The lowest BCUT2D eigenvalue weighted by atomic mass is 10.0. The summed E-state index contributed by atoms with van der Waals surface area (Å²) in [6.07, 6.45) is 2.92. The minimum absolute atomic E-state index is 0.0524. The van der Waals surface area contributed by atoms with E-state index in [4.69, 9.17) is 4.74 Å². The molecule has 0 fully saturated rings. The van der Waals surface area contributed by atoms with Gasteiger partial charge in [-0.1, -0.05) is 95.1 Å². The van der Waals surface area contributed by atoms with Gasteiger partial charge < -0.3 is 15.2 Å². The fourth-order valence-corrected chi connectivity index (χ4v) is 3.76. The maximum Gasteiger partial charge on any atom is 0.411 e. The number of anilines is 1. The zero-order valence-corrected chi connectivity index (χ0v) is 26.6. The van der Waals surface area contributed by atoms with Gasteiger partial charge in [0.2, 0.25) is 5.91 Å². The van der Waals surface area contributed by atoms with E-state index in [-0.39, 0.29) is 24.5 Å². The van der Waals surface area contributed by atoms with E-state index in [1.54, 1.807) is 26.8 Å². The van der Waals surface area contributed by atoms with E-state index in [1.165, 1.54) is 17.5 Å². The molecule has 2 amide bonds. The molecule has 2 aromatic carbocycles. The molecule has 8 nitrogen and oxygen atoms in total. The molecule has 3 aromatic rings. The van der Waals surface area contributed by atoms with Crippen LogP contribution in [0.1, 0.15) is 89.0 Å². The Hall–Kier alpha value is -4.20. The molecule has 0 atom stereocenters. The summed E-state index contributed by atoms with van der Waals surface area (Å²) in [5.74, 6) is -1.84. The quantitative estimate of drug-likeness (QED) is 0.280. The second-order valence-corrected chi connectivity index (χ2v) is 10.6. The number of hydrogen-bond donors (Lipinski definition) is 2. The highest BCUT2D eigenvalue weighted by atomic mass is 16.6. The van der Waals surface area contributed by atoms with Crippen LogP contribution < -0.4 is 5.32 Å². The molecule has 0 bridgehead atoms. The topological polar surface area (TPSA) is 109 Å². The summed E-state index contributed by atoms with van der Waals surface area (Å²) >= 11 is 0. The molecule has 3 rings (SSSR count). The molecule has 0 unspecified atom stereocenters. The molecule has 42 heavy (non-hydrogen) atoms. The Kier molecular flexibility index (Phi) is 15.0. The minimum atomic E-state index is -1.27. The second kappa shape index (κ2) is 17.6. The van der Waals surface area contributed by atoms with E-state index in [1.807, 2.05) is 76.2 Å². The number of hydrogen-bond acceptors (Lipinski definition) is 5. The van der Waals surface area contributed by atoms with E-state index in [2.05, 4.69) is 24.1 Å². The number of carbonyl (C=O) groups excluding carboxylic acids is 2. The second-order valence-electron chi connectivity index (χ2n) is 10.6. The number of carbonyl (C=O) groups is 3. The first kappa shape index (κ1) is 35.8. The van der Waals surface area contributed by atoms with Crippen molar-refractivity contribution < 1.29 is 24.2 Å². The summed E-state index contributed by atoms with van der Waals surface area (Å²) in [5.41, 5.74) is 3.52. The first-order chi connectivity index (χ1) is 19.9. The van der Waals surface area contributed by atoms with Crippen molar-refractivity contribution in [3.05, 3.63) is 83.2 Å². The van der Waals surface area contributed by atoms with Gasteiger partial charge in [-0.2, -0.15) is 0 Å². The summed E-state index contributed by atoms with van der Waals surface area (Å²) in [5, 5.41) is 12.3. The number of carboxylic acids is 1. The number of ether oxygens (including phenoxy) is 1. The van der Waals surface area contributed by atoms with Crippen molar-refractivity contribution in [2.75, 3.05) is 11.9 Å². The number of aromatic nitrogens is 1. The smallest absolute Gasteiger partial charge is 0.411 e. The van der Waals surface area contributed by atoms with E-state index in [0.717, 1.165) is 28.7 Å². The van der Waals surface area contributed by atoms with Gasteiger partial charge in [0.1, 0.15) is 12.1 Å².